The van der Waals surface area contributed by atoms with Crippen LogP contribution in [-0.2, 0) is 30.3 Å². The molecule has 0 bridgehead atoms. The number of aliphatic hydroxyl groups excluding tert-OH is 2. The van der Waals surface area contributed by atoms with Crippen LogP contribution in [-0.4, -0.2) is 120 Å². The van der Waals surface area contributed by atoms with Crippen molar-refractivity contribution in [3.8, 4) is 5.75 Å². The summed E-state index contributed by atoms with van der Waals surface area (Å²) >= 11 is 0. The highest BCUT2D eigenvalue weighted by Gasteiger charge is 2.64. The lowest BCUT2D eigenvalue weighted by molar-refractivity contribution is -0.153. The van der Waals surface area contributed by atoms with Gasteiger partial charge in [0.1, 0.15) is 29.4 Å². The number of benzene rings is 1. The lowest BCUT2D eigenvalue weighted by atomic mass is 9.57. The van der Waals surface area contributed by atoms with Gasteiger partial charge in [-0.2, -0.15) is 0 Å². The molecule has 0 radical (unpaired) electrons. The second kappa shape index (κ2) is 12.6. The number of aliphatic hydroxyl groups is 3. The number of primary amides is 1. The molecule has 0 aliphatic heterocycles. The largest absolute Gasteiger partial charge is 0.508 e. The number of nitrogens with zero attached hydrogens (tertiary/aromatic N) is 3. The Balaban J connectivity index is 1.84. The minimum absolute atomic E-state index is 0.0565. The fourth-order valence-electron chi connectivity index (χ4n) is 6.86. The number of fused-ring (bicyclic) bond motifs is 3. The summed E-state index contributed by atoms with van der Waals surface area (Å²) in [5.74, 6) is -8.36. The van der Waals surface area contributed by atoms with Crippen LogP contribution in [0, 0.1) is 11.8 Å². The standard InChI is InChI=1S/C31H41N5O10/c1-7-8-9-36(30(44)46-6)13-19(37)33-17-12-18(34(2)3)15-10-14-11-16-23(35(4)5)26(40)22(29(32)43)28(42)31(16,45)27(41)20(14)25(39)21(15)24(17)38/h12,14,16,23,38-39,42,45H,7-11,13H2,1-6H3,(H2,32,43)(H,33,37)/t14-,16-,23-,31-/m0/s1. The highest BCUT2D eigenvalue weighted by Crippen LogP contribution is 2.54. The number of hydrogen-bond acceptors (Lipinski definition) is 12. The van der Waals surface area contributed by atoms with E-state index in [4.69, 9.17) is 10.5 Å². The van der Waals surface area contributed by atoms with Crippen molar-refractivity contribution in [3.63, 3.8) is 0 Å². The van der Waals surface area contributed by atoms with E-state index in [1.807, 2.05) is 6.92 Å². The number of rotatable bonds is 9. The Kier molecular flexibility index (Phi) is 9.41. The minimum Gasteiger partial charge on any atom is -0.508 e. The molecule has 1 aromatic carbocycles. The van der Waals surface area contributed by atoms with Crippen molar-refractivity contribution in [1.29, 1.82) is 0 Å². The summed E-state index contributed by atoms with van der Waals surface area (Å²) in [6.07, 6.45) is 0.706. The van der Waals surface area contributed by atoms with Crippen LogP contribution in [0.3, 0.4) is 0 Å². The Hall–Kier alpha value is -4.63. The fourth-order valence-corrected chi connectivity index (χ4v) is 6.86. The van der Waals surface area contributed by atoms with E-state index in [1.54, 1.807) is 19.0 Å². The van der Waals surface area contributed by atoms with Crippen LogP contribution in [0.4, 0.5) is 16.2 Å². The van der Waals surface area contributed by atoms with Crippen molar-refractivity contribution in [1.82, 2.24) is 9.80 Å². The number of hydrogen-bond donors (Lipinski definition) is 6. The van der Waals surface area contributed by atoms with Gasteiger partial charge in [-0.1, -0.05) is 13.3 Å². The molecule has 1 fully saturated rings. The number of unbranched alkanes of at least 4 members (excludes halogenated alkanes) is 1. The number of carbonyl (C=O) groups excluding carboxylic acids is 5. The maximum atomic E-state index is 14.1. The fraction of sp³-hybridized carbons (Fsp3) is 0.516. The Morgan fingerprint density at radius 2 is 1.78 bits per heavy atom. The first-order valence-corrected chi connectivity index (χ1v) is 14.9. The van der Waals surface area contributed by atoms with Crippen molar-refractivity contribution in [2.45, 2.75) is 44.2 Å². The molecule has 250 valence electrons. The molecule has 4 atom stereocenters. The van der Waals surface area contributed by atoms with E-state index in [-0.39, 0.29) is 42.8 Å². The third-order valence-corrected chi connectivity index (χ3v) is 9.00. The Morgan fingerprint density at radius 3 is 2.33 bits per heavy atom. The summed E-state index contributed by atoms with van der Waals surface area (Å²) in [5, 5.41) is 48.5. The van der Waals surface area contributed by atoms with E-state index in [1.165, 1.54) is 37.1 Å². The van der Waals surface area contributed by atoms with Gasteiger partial charge in [-0.25, -0.2) is 4.79 Å². The smallest absolute Gasteiger partial charge is 0.409 e. The third-order valence-electron chi connectivity index (χ3n) is 9.00. The summed E-state index contributed by atoms with van der Waals surface area (Å²) in [7, 11) is 7.67. The molecule has 46 heavy (non-hydrogen) atoms. The average Bonchev–Trinajstić information content (AvgIpc) is 2.97. The zero-order chi connectivity index (χ0) is 34.4. The molecule has 1 aromatic rings. The summed E-state index contributed by atoms with van der Waals surface area (Å²) in [6, 6.07) is 0.305. The van der Waals surface area contributed by atoms with Gasteiger partial charge in [-0.05, 0) is 50.9 Å². The number of carbonyl (C=O) groups is 5. The molecular weight excluding hydrogens is 602 g/mol. The Morgan fingerprint density at radius 1 is 1.13 bits per heavy atom. The molecule has 15 nitrogen and oxygen atoms in total. The molecule has 0 spiro atoms. The van der Waals surface area contributed by atoms with Crippen LogP contribution < -0.4 is 16.0 Å². The van der Waals surface area contributed by atoms with E-state index in [0.29, 0.717) is 17.7 Å². The number of aromatic hydroxyl groups is 1. The van der Waals surface area contributed by atoms with Gasteiger partial charge in [0.2, 0.25) is 11.7 Å². The van der Waals surface area contributed by atoms with Crippen LogP contribution in [0.2, 0.25) is 0 Å². The number of nitrogens with two attached hydrogens (primary N) is 1. The first-order chi connectivity index (χ1) is 21.5. The zero-order valence-electron chi connectivity index (χ0n) is 26.7. The topological polar surface area (TPSA) is 223 Å². The van der Waals surface area contributed by atoms with Gasteiger partial charge in [0.25, 0.3) is 5.91 Å². The third kappa shape index (κ3) is 5.42. The quantitative estimate of drug-likeness (QED) is 0.163. The number of methoxy groups -OCH3 is 1. The molecule has 0 unspecified atom stereocenters. The summed E-state index contributed by atoms with van der Waals surface area (Å²) in [4.78, 5) is 69.2. The molecular formula is C31H41N5O10. The number of anilines is 2. The number of ketones is 2. The number of ether oxygens (including phenoxy) is 1. The van der Waals surface area contributed by atoms with Crippen molar-refractivity contribution in [2.75, 3.05) is 58.6 Å². The number of Topliss-reactive ketones (excluding diaryl/α,β-unsaturated/α-hetero) is 2. The van der Waals surface area contributed by atoms with Gasteiger partial charge in [0.15, 0.2) is 11.4 Å². The Labute approximate surface area is 265 Å². The Bertz CT molecular complexity index is 1560. The SMILES string of the molecule is CCCCN(CC(=O)Nc1cc(N(C)C)c2c(c1O)C(O)=C1C(=O)[C@]3(O)C(O)=C(C(N)=O)C(=O)[C@@H](N(C)C)[C@@H]3C[C@@H]1C2)C(=O)OC. The number of amides is 3. The summed E-state index contributed by atoms with van der Waals surface area (Å²) in [6.45, 7) is 1.80. The van der Waals surface area contributed by atoms with E-state index >= 15 is 0 Å². The maximum absolute atomic E-state index is 14.1. The first kappa shape index (κ1) is 34.2. The molecule has 15 heteroatoms. The number of phenolic OH excluding ortho intramolecular Hbond substituents is 1. The van der Waals surface area contributed by atoms with Crippen LogP contribution in [0.15, 0.2) is 23.0 Å². The van der Waals surface area contributed by atoms with Crippen molar-refractivity contribution < 1.29 is 49.1 Å². The van der Waals surface area contributed by atoms with Gasteiger partial charge in [0.05, 0.1) is 24.4 Å². The molecule has 0 saturated heterocycles. The molecule has 0 heterocycles. The molecule has 3 aliphatic carbocycles. The normalized spacial score (nSPS) is 23.9. The van der Waals surface area contributed by atoms with Crippen LogP contribution in [0.1, 0.15) is 37.3 Å². The van der Waals surface area contributed by atoms with Gasteiger partial charge in [-0.3, -0.25) is 29.0 Å². The molecule has 0 aromatic heterocycles. The second-order valence-corrected chi connectivity index (χ2v) is 12.3. The molecule has 4 rings (SSSR count). The monoisotopic (exact) mass is 643 g/mol. The number of nitrogens with one attached hydrogen (secondary N) is 1. The van der Waals surface area contributed by atoms with E-state index in [0.717, 1.165) is 6.42 Å². The predicted octanol–water partition coefficient (Wildman–Crippen LogP) is 0.837. The van der Waals surface area contributed by atoms with Gasteiger partial charge >= 0.3 is 6.09 Å². The lowest BCUT2D eigenvalue weighted by Crippen LogP contribution is -2.65. The number of likely N-dealkylation sites (N-methyl/N-ethyl adjacent to an activating group) is 1. The highest BCUT2D eigenvalue weighted by atomic mass is 16.5. The second-order valence-electron chi connectivity index (χ2n) is 12.3. The zero-order valence-corrected chi connectivity index (χ0v) is 26.7. The number of phenols is 1. The summed E-state index contributed by atoms with van der Waals surface area (Å²) in [5.41, 5.74) is 2.03. The van der Waals surface area contributed by atoms with Crippen LogP contribution >= 0.6 is 0 Å². The highest BCUT2D eigenvalue weighted by molar-refractivity contribution is 6.24. The van der Waals surface area contributed by atoms with E-state index in [9.17, 15) is 44.4 Å². The van der Waals surface area contributed by atoms with Gasteiger partial charge < -0.3 is 41.1 Å². The van der Waals surface area contributed by atoms with E-state index in [2.05, 4.69) is 5.32 Å². The van der Waals surface area contributed by atoms with Crippen LogP contribution in [0.5, 0.6) is 5.75 Å². The minimum atomic E-state index is -2.77. The average molecular weight is 644 g/mol. The van der Waals surface area contributed by atoms with Crippen molar-refractivity contribution in [3.05, 3.63) is 34.1 Å². The van der Waals surface area contributed by atoms with Gasteiger partial charge in [-0.15, -0.1) is 0 Å². The molecule has 3 aliphatic rings. The molecule has 7 N–H and O–H groups in total. The van der Waals surface area contributed by atoms with Crippen molar-refractivity contribution >= 4 is 46.6 Å². The predicted molar refractivity (Wildman–Crippen MR) is 166 cm³/mol. The van der Waals surface area contributed by atoms with E-state index < -0.39 is 75.8 Å². The van der Waals surface area contributed by atoms with Crippen LogP contribution in [0.25, 0.3) is 5.76 Å². The summed E-state index contributed by atoms with van der Waals surface area (Å²) < 4.78 is 4.77. The van der Waals surface area contributed by atoms with Crippen molar-refractivity contribution in [2.24, 2.45) is 17.6 Å². The lowest BCUT2D eigenvalue weighted by Gasteiger charge is -2.50. The maximum Gasteiger partial charge on any atom is 0.409 e. The molecule has 1 saturated carbocycles. The first-order valence-electron chi connectivity index (χ1n) is 14.9. The van der Waals surface area contributed by atoms with Gasteiger partial charge in [0, 0.05) is 37.8 Å². The molecule has 3 amide bonds.